The van der Waals surface area contributed by atoms with Crippen LogP contribution in [-0.4, -0.2) is 27.7 Å². The smallest absolute Gasteiger partial charge is 0.294 e. The molecule has 6 nitrogen and oxygen atoms in total. The zero-order valence-electron chi connectivity index (χ0n) is 20.9. The topological polar surface area (TPSA) is 80.2 Å². The highest BCUT2D eigenvalue weighted by Crippen LogP contribution is 2.37. The molecule has 0 bridgehead atoms. The summed E-state index contributed by atoms with van der Waals surface area (Å²) in [6.07, 6.45) is 3.07. The second kappa shape index (κ2) is 9.57. The van der Waals surface area contributed by atoms with Gasteiger partial charge in [0.2, 0.25) is 0 Å². The molecule has 2 unspecified atom stereocenters. The number of rotatable bonds is 6. The van der Waals surface area contributed by atoms with E-state index in [1.165, 1.54) is 12.1 Å². The first-order valence-corrected chi connectivity index (χ1v) is 11.7. The summed E-state index contributed by atoms with van der Waals surface area (Å²) in [7, 11) is 1.67. The Balaban J connectivity index is 1.87. The Morgan fingerprint density at radius 2 is 1.91 bits per heavy atom. The second-order valence-electron chi connectivity index (χ2n) is 9.77. The summed E-state index contributed by atoms with van der Waals surface area (Å²) in [6.45, 7) is 13.3. The fraction of sp³-hybridized carbons (Fsp3) is 0.444. The zero-order chi connectivity index (χ0) is 25.4. The van der Waals surface area contributed by atoms with Crippen LogP contribution in [0.25, 0.3) is 0 Å². The highest BCUT2D eigenvalue weighted by atomic mass is 19.1. The van der Waals surface area contributed by atoms with Crippen LogP contribution in [0.2, 0.25) is 0 Å². The molecule has 182 valence electrons. The number of anilines is 1. The van der Waals surface area contributed by atoms with Crippen molar-refractivity contribution in [3.05, 3.63) is 64.2 Å². The van der Waals surface area contributed by atoms with Crippen LogP contribution in [0.5, 0.6) is 0 Å². The number of Topliss-reactive ketones (excluding diaryl/α,β-unsaturated/α-hetero) is 1. The molecule has 0 aliphatic heterocycles. The number of aromatic nitrogens is 1. The minimum Gasteiger partial charge on any atom is -0.344 e. The van der Waals surface area contributed by atoms with Crippen LogP contribution in [0.3, 0.4) is 0 Å². The van der Waals surface area contributed by atoms with Crippen molar-refractivity contribution in [2.24, 2.45) is 13.0 Å². The van der Waals surface area contributed by atoms with Gasteiger partial charge in [-0.05, 0) is 81.7 Å². The molecule has 1 heterocycles. The van der Waals surface area contributed by atoms with Gasteiger partial charge in [0.15, 0.2) is 0 Å². The molecular weight excluding hydrogens is 433 g/mol. The van der Waals surface area contributed by atoms with Gasteiger partial charge in [-0.15, -0.1) is 0 Å². The lowest BCUT2D eigenvalue weighted by Gasteiger charge is -2.41. The molecule has 3 rings (SSSR count). The molecule has 0 saturated heterocycles. The molecule has 1 aliphatic rings. The van der Waals surface area contributed by atoms with E-state index in [1.807, 2.05) is 6.92 Å². The number of halogens is 1. The third-order valence-electron chi connectivity index (χ3n) is 7.01. The van der Waals surface area contributed by atoms with Crippen molar-refractivity contribution in [3.8, 4) is 0 Å². The van der Waals surface area contributed by atoms with Crippen LogP contribution in [0.4, 0.5) is 10.1 Å². The molecule has 1 saturated carbocycles. The van der Waals surface area contributed by atoms with Gasteiger partial charge in [0.25, 0.3) is 17.6 Å². The number of ketones is 1. The number of aryl methyl sites for hydroxylation is 1. The fourth-order valence-corrected chi connectivity index (χ4v) is 5.26. The van der Waals surface area contributed by atoms with Crippen molar-refractivity contribution in [3.63, 3.8) is 0 Å². The van der Waals surface area contributed by atoms with Gasteiger partial charge >= 0.3 is 0 Å². The van der Waals surface area contributed by atoms with Gasteiger partial charge in [0.1, 0.15) is 5.82 Å². The highest BCUT2D eigenvalue weighted by Gasteiger charge is 2.38. The Bertz CT molecular complexity index is 1180. The van der Waals surface area contributed by atoms with Crippen molar-refractivity contribution in [2.75, 3.05) is 5.32 Å². The van der Waals surface area contributed by atoms with Crippen LogP contribution in [-0.2, 0) is 11.8 Å². The van der Waals surface area contributed by atoms with Crippen molar-refractivity contribution < 1.29 is 18.8 Å². The molecule has 1 fully saturated rings. The number of benzene rings is 1. The maximum atomic E-state index is 13.6. The molecule has 2 aromatic rings. The van der Waals surface area contributed by atoms with Crippen molar-refractivity contribution >= 4 is 23.3 Å². The Labute approximate surface area is 200 Å². The van der Waals surface area contributed by atoms with Crippen molar-refractivity contribution in [1.82, 2.24) is 9.88 Å². The quantitative estimate of drug-likeness (QED) is 0.350. The van der Waals surface area contributed by atoms with Gasteiger partial charge < -0.3 is 15.2 Å². The fourth-order valence-electron chi connectivity index (χ4n) is 5.26. The number of nitrogens with one attached hydrogen (secondary N) is 2. The zero-order valence-corrected chi connectivity index (χ0v) is 20.9. The van der Waals surface area contributed by atoms with Crippen LogP contribution >= 0.6 is 0 Å². The maximum Gasteiger partial charge on any atom is 0.294 e. The van der Waals surface area contributed by atoms with E-state index in [1.54, 1.807) is 38.5 Å². The lowest BCUT2D eigenvalue weighted by atomic mass is 9.73. The summed E-state index contributed by atoms with van der Waals surface area (Å²) in [6, 6.07) is 4.32. The number of hydrogen-bond acceptors (Lipinski definition) is 3. The number of carbonyl (C=O) groups excluding carboxylic acids is 3. The summed E-state index contributed by atoms with van der Waals surface area (Å²) in [5, 5.41) is 5.77. The Morgan fingerprint density at radius 1 is 1.24 bits per heavy atom. The van der Waals surface area contributed by atoms with Gasteiger partial charge in [-0.25, -0.2) is 4.39 Å². The van der Waals surface area contributed by atoms with E-state index in [0.29, 0.717) is 46.8 Å². The first-order valence-electron chi connectivity index (χ1n) is 11.7. The summed E-state index contributed by atoms with van der Waals surface area (Å²) >= 11 is 0. The van der Waals surface area contributed by atoms with Crippen molar-refractivity contribution in [2.45, 2.75) is 65.8 Å². The minimum absolute atomic E-state index is 0.185. The largest absolute Gasteiger partial charge is 0.344 e. The van der Waals surface area contributed by atoms with Gasteiger partial charge in [0, 0.05) is 24.0 Å². The standard InChI is InChI=1S/C27H34FN3O3/c1-8-27(13-15(2)11-16(3)14-27)30-26(34)24(32)23-18(5)22(19(6)31(23)7)25(33)29-20-9-10-21(28)17(4)12-20/h9-10,12,16H,2,8,11,13-14H2,1,3-7H3,(H,29,33)(H,30,34). The lowest BCUT2D eigenvalue weighted by molar-refractivity contribution is -0.119. The Kier molecular flexibility index (Phi) is 7.15. The molecular formula is C27H34FN3O3. The van der Waals surface area contributed by atoms with Crippen LogP contribution in [0.15, 0.2) is 30.4 Å². The molecule has 2 N–H and O–H groups in total. The third kappa shape index (κ3) is 4.83. The van der Waals surface area contributed by atoms with Crippen LogP contribution in [0.1, 0.15) is 77.2 Å². The van der Waals surface area contributed by atoms with Gasteiger partial charge in [-0.1, -0.05) is 26.0 Å². The van der Waals surface area contributed by atoms with Gasteiger partial charge in [-0.3, -0.25) is 14.4 Å². The number of amides is 2. The summed E-state index contributed by atoms with van der Waals surface area (Å²) in [5.74, 6) is -1.74. The minimum atomic E-state index is -0.673. The molecule has 34 heavy (non-hydrogen) atoms. The molecule has 0 radical (unpaired) electrons. The maximum absolute atomic E-state index is 13.6. The van der Waals surface area contributed by atoms with Crippen LogP contribution < -0.4 is 10.6 Å². The van der Waals surface area contributed by atoms with Crippen molar-refractivity contribution in [1.29, 1.82) is 0 Å². The number of hydrogen-bond donors (Lipinski definition) is 2. The molecule has 2 atom stereocenters. The molecule has 1 aliphatic carbocycles. The van der Waals surface area contributed by atoms with E-state index in [-0.39, 0.29) is 11.5 Å². The number of nitrogens with zero attached hydrogens (tertiary/aromatic N) is 1. The summed E-state index contributed by atoms with van der Waals surface area (Å²) < 4.78 is 15.2. The predicted octanol–water partition coefficient (Wildman–Crippen LogP) is 5.17. The number of carbonyl (C=O) groups is 3. The summed E-state index contributed by atoms with van der Waals surface area (Å²) in [5.41, 5.74) is 2.96. The molecule has 0 spiro atoms. The van der Waals surface area contributed by atoms with E-state index in [4.69, 9.17) is 0 Å². The SMILES string of the molecule is C=C1CC(C)CC(CC)(NC(=O)C(=O)c2c(C)c(C(=O)Nc3ccc(F)c(C)c3)c(C)n2C)C1. The summed E-state index contributed by atoms with van der Waals surface area (Å²) in [4.78, 5) is 39.4. The predicted molar refractivity (Wildman–Crippen MR) is 132 cm³/mol. The van der Waals surface area contributed by atoms with E-state index < -0.39 is 23.1 Å². The lowest BCUT2D eigenvalue weighted by Crippen LogP contribution is -2.53. The second-order valence-corrected chi connectivity index (χ2v) is 9.77. The Hall–Kier alpha value is -3.22. The molecule has 1 aromatic carbocycles. The van der Waals surface area contributed by atoms with E-state index in [2.05, 4.69) is 24.1 Å². The third-order valence-corrected chi connectivity index (χ3v) is 7.01. The first kappa shape index (κ1) is 25.4. The Morgan fingerprint density at radius 3 is 2.50 bits per heavy atom. The normalized spacial score (nSPS) is 20.2. The highest BCUT2D eigenvalue weighted by molar-refractivity contribution is 6.43. The van der Waals surface area contributed by atoms with Gasteiger partial charge in [0.05, 0.1) is 11.3 Å². The van der Waals surface area contributed by atoms with E-state index >= 15 is 0 Å². The molecule has 7 heteroatoms. The van der Waals surface area contributed by atoms with E-state index in [9.17, 15) is 18.8 Å². The average Bonchev–Trinajstić information content (AvgIpc) is 2.97. The monoisotopic (exact) mass is 467 g/mol. The molecule has 2 amide bonds. The van der Waals surface area contributed by atoms with Crippen LogP contribution in [0, 0.1) is 32.5 Å². The van der Waals surface area contributed by atoms with Gasteiger partial charge in [-0.2, -0.15) is 0 Å². The van der Waals surface area contributed by atoms with E-state index in [0.717, 1.165) is 18.4 Å². The first-order chi connectivity index (χ1) is 15.9. The average molecular weight is 468 g/mol. The molecule has 1 aromatic heterocycles.